The van der Waals surface area contributed by atoms with E-state index >= 15 is 0 Å². The fourth-order valence-corrected chi connectivity index (χ4v) is 1.06. The largest absolute Gasteiger partial charge is 0.271 e. The Kier molecular flexibility index (Phi) is 4.52. The number of rotatable bonds is 4. The summed E-state index contributed by atoms with van der Waals surface area (Å²) < 4.78 is 12.3. The second-order valence-electron chi connectivity index (χ2n) is 2.09. The Balaban J connectivity index is 4.15. The van der Waals surface area contributed by atoms with Crippen LogP contribution in [0.2, 0.25) is 0 Å². The minimum Gasteiger partial charge on any atom is -0.271 e. The van der Waals surface area contributed by atoms with Gasteiger partial charge in [0, 0.05) is 0 Å². The molecule has 10 heavy (non-hydrogen) atoms. The molecule has 5 heteroatoms. The topological polar surface area (TPSA) is 38.0 Å². The highest BCUT2D eigenvalue weighted by Crippen LogP contribution is 2.23. The van der Waals surface area contributed by atoms with Gasteiger partial charge >= 0.3 is 0 Å². The average molecular weight is 189 g/mol. The standard InChI is InChI=1S/C5H11Cl2FN2/c1-2-5(3-8,10-9)4(6)7/h4,10H,2-3,9H2,1H3. The van der Waals surface area contributed by atoms with Gasteiger partial charge in [-0.1, -0.05) is 6.92 Å². The third-order valence-electron chi connectivity index (χ3n) is 1.57. The number of alkyl halides is 3. The summed E-state index contributed by atoms with van der Waals surface area (Å²) >= 11 is 11.0. The van der Waals surface area contributed by atoms with Gasteiger partial charge in [-0.15, -0.1) is 23.2 Å². The molecule has 62 valence electrons. The number of halogens is 3. The maximum Gasteiger partial charge on any atom is 0.129 e. The Bertz CT molecular complexity index is 87.4. The van der Waals surface area contributed by atoms with Crippen LogP contribution in [-0.4, -0.2) is 17.0 Å². The SMILES string of the molecule is CCC(CF)(NN)C(Cl)Cl. The number of nitrogens with one attached hydrogen (secondary N) is 1. The molecule has 1 unspecified atom stereocenters. The van der Waals surface area contributed by atoms with Crippen LogP contribution in [0.25, 0.3) is 0 Å². The molecular formula is C5H11Cl2FN2. The third-order valence-corrected chi connectivity index (χ3v) is 2.41. The molecule has 0 fully saturated rings. The first-order chi connectivity index (χ1) is 4.63. The number of nitrogens with two attached hydrogens (primary N) is 1. The number of hydrazine groups is 1. The van der Waals surface area contributed by atoms with Crippen LogP contribution in [0.1, 0.15) is 13.3 Å². The van der Waals surface area contributed by atoms with Gasteiger partial charge in [0.05, 0.1) is 5.54 Å². The quantitative estimate of drug-likeness (QED) is 0.398. The summed E-state index contributed by atoms with van der Waals surface area (Å²) in [4.78, 5) is -0.826. The van der Waals surface area contributed by atoms with Gasteiger partial charge in [-0.25, -0.2) is 9.82 Å². The van der Waals surface area contributed by atoms with E-state index in [0.29, 0.717) is 6.42 Å². The van der Waals surface area contributed by atoms with E-state index < -0.39 is 17.0 Å². The second kappa shape index (κ2) is 4.34. The monoisotopic (exact) mass is 188 g/mol. The first kappa shape index (κ1) is 10.4. The van der Waals surface area contributed by atoms with Crippen molar-refractivity contribution in [3.8, 4) is 0 Å². The summed E-state index contributed by atoms with van der Waals surface area (Å²) in [5, 5.41) is 0. The molecule has 0 aliphatic rings. The molecule has 0 rings (SSSR count). The van der Waals surface area contributed by atoms with Gasteiger partial charge in [-0.3, -0.25) is 5.84 Å². The van der Waals surface area contributed by atoms with E-state index in [2.05, 4.69) is 5.43 Å². The van der Waals surface area contributed by atoms with Gasteiger partial charge in [0.25, 0.3) is 0 Å². The summed E-state index contributed by atoms with van der Waals surface area (Å²) in [6.07, 6.45) is 0.456. The molecule has 0 aromatic carbocycles. The molecule has 3 N–H and O–H groups in total. The molecule has 0 aromatic rings. The molecule has 0 heterocycles. The summed E-state index contributed by atoms with van der Waals surface area (Å²) in [6.45, 7) is 1.09. The zero-order valence-electron chi connectivity index (χ0n) is 5.70. The van der Waals surface area contributed by atoms with Crippen LogP contribution in [0.4, 0.5) is 4.39 Å². The van der Waals surface area contributed by atoms with Crippen molar-refractivity contribution >= 4 is 23.2 Å². The summed E-state index contributed by atoms with van der Waals surface area (Å²) in [5.41, 5.74) is 1.29. The van der Waals surface area contributed by atoms with E-state index in [9.17, 15) is 4.39 Å². The van der Waals surface area contributed by atoms with Gasteiger partial charge in [0.15, 0.2) is 0 Å². The minimum atomic E-state index is -0.983. The fourth-order valence-electron chi connectivity index (χ4n) is 0.511. The minimum absolute atomic E-state index is 0.456. The smallest absolute Gasteiger partial charge is 0.129 e. The van der Waals surface area contributed by atoms with Crippen molar-refractivity contribution in [3.63, 3.8) is 0 Å². The average Bonchev–Trinajstić information content (AvgIpc) is 1.92. The highest BCUT2D eigenvalue weighted by Gasteiger charge is 2.34. The fraction of sp³-hybridized carbons (Fsp3) is 1.00. The van der Waals surface area contributed by atoms with Gasteiger partial charge in [-0.2, -0.15) is 0 Å². The molecule has 0 spiro atoms. The van der Waals surface area contributed by atoms with E-state index in [0.717, 1.165) is 0 Å². The van der Waals surface area contributed by atoms with Crippen LogP contribution in [0.15, 0.2) is 0 Å². The Hall–Kier alpha value is 0.430. The van der Waals surface area contributed by atoms with Crippen molar-refractivity contribution in [1.29, 1.82) is 0 Å². The van der Waals surface area contributed by atoms with Crippen molar-refractivity contribution in [2.24, 2.45) is 5.84 Å². The predicted molar refractivity (Wildman–Crippen MR) is 41.8 cm³/mol. The lowest BCUT2D eigenvalue weighted by Crippen LogP contribution is -2.55. The van der Waals surface area contributed by atoms with E-state index in [4.69, 9.17) is 29.0 Å². The zero-order chi connectivity index (χ0) is 8.20. The van der Waals surface area contributed by atoms with E-state index in [1.165, 1.54) is 0 Å². The highest BCUT2D eigenvalue weighted by molar-refractivity contribution is 6.45. The first-order valence-electron chi connectivity index (χ1n) is 2.95. The third kappa shape index (κ3) is 1.95. The summed E-state index contributed by atoms with van der Waals surface area (Å²) in [5.74, 6) is 5.07. The number of hydrogen-bond donors (Lipinski definition) is 2. The number of hydrogen-bond acceptors (Lipinski definition) is 2. The maximum absolute atomic E-state index is 12.3. The van der Waals surface area contributed by atoms with Crippen molar-refractivity contribution in [1.82, 2.24) is 5.43 Å². The van der Waals surface area contributed by atoms with Crippen molar-refractivity contribution in [2.45, 2.75) is 23.7 Å². The summed E-state index contributed by atoms with van der Waals surface area (Å²) in [7, 11) is 0. The molecule has 0 amide bonds. The summed E-state index contributed by atoms with van der Waals surface area (Å²) in [6, 6.07) is 0. The van der Waals surface area contributed by atoms with Gasteiger partial charge in [0.1, 0.15) is 11.5 Å². The highest BCUT2D eigenvalue weighted by atomic mass is 35.5. The molecule has 1 atom stereocenters. The Labute approximate surface area is 69.8 Å². The van der Waals surface area contributed by atoms with Crippen molar-refractivity contribution in [2.75, 3.05) is 6.67 Å². The lowest BCUT2D eigenvalue weighted by molar-refractivity contribution is 0.253. The van der Waals surface area contributed by atoms with E-state index in [-0.39, 0.29) is 0 Å². The lowest BCUT2D eigenvalue weighted by Gasteiger charge is -2.29. The van der Waals surface area contributed by atoms with Crippen LogP contribution in [0.5, 0.6) is 0 Å². The second-order valence-corrected chi connectivity index (χ2v) is 3.18. The first-order valence-corrected chi connectivity index (χ1v) is 3.82. The van der Waals surface area contributed by atoms with Crippen LogP contribution < -0.4 is 11.3 Å². The Morgan fingerprint density at radius 3 is 2.20 bits per heavy atom. The normalized spacial score (nSPS) is 17.4. The van der Waals surface area contributed by atoms with E-state index in [1.807, 2.05) is 0 Å². The Morgan fingerprint density at radius 1 is 1.70 bits per heavy atom. The molecule has 0 saturated carbocycles. The van der Waals surface area contributed by atoms with Crippen molar-refractivity contribution in [3.05, 3.63) is 0 Å². The Morgan fingerprint density at radius 2 is 2.20 bits per heavy atom. The maximum atomic E-state index is 12.3. The lowest BCUT2D eigenvalue weighted by atomic mass is 10.0. The van der Waals surface area contributed by atoms with Crippen LogP contribution in [0.3, 0.4) is 0 Å². The zero-order valence-corrected chi connectivity index (χ0v) is 7.21. The molecule has 0 aliphatic carbocycles. The van der Waals surface area contributed by atoms with Crippen LogP contribution in [-0.2, 0) is 0 Å². The van der Waals surface area contributed by atoms with Gasteiger partial charge < -0.3 is 0 Å². The van der Waals surface area contributed by atoms with E-state index in [1.54, 1.807) is 6.92 Å². The van der Waals surface area contributed by atoms with Crippen LogP contribution >= 0.6 is 23.2 Å². The molecule has 2 nitrogen and oxygen atoms in total. The molecule has 0 radical (unpaired) electrons. The molecule has 0 saturated heterocycles. The van der Waals surface area contributed by atoms with Gasteiger partial charge in [0.2, 0.25) is 0 Å². The molecular weight excluding hydrogens is 178 g/mol. The molecule has 0 aromatic heterocycles. The van der Waals surface area contributed by atoms with Crippen LogP contribution in [0, 0.1) is 0 Å². The van der Waals surface area contributed by atoms with Gasteiger partial charge in [-0.05, 0) is 6.42 Å². The van der Waals surface area contributed by atoms with Crippen molar-refractivity contribution < 1.29 is 4.39 Å². The predicted octanol–water partition coefficient (Wildman–Crippen LogP) is 1.37. The molecule has 0 bridgehead atoms. The molecule has 0 aliphatic heterocycles.